The molecular weight excluding hydrogens is 455 g/mol. The number of hydrogen-bond donors (Lipinski definition) is 1. The predicted octanol–water partition coefficient (Wildman–Crippen LogP) is 5.63. The van der Waals surface area contributed by atoms with E-state index in [0.717, 1.165) is 53.7 Å². The number of fused-ring (bicyclic) bond motifs is 1. The van der Waals surface area contributed by atoms with Gasteiger partial charge in [-0.3, -0.25) is 15.0 Å². The van der Waals surface area contributed by atoms with Gasteiger partial charge in [0.15, 0.2) is 0 Å². The van der Waals surface area contributed by atoms with Crippen LogP contribution < -0.4 is 15.0 Å². The molecule has 0 saturated carbocycles. The standard InChI is InChI=1S/C28H35FN6O/c1-5-34(33-14-7-6-8-15-33)28-31-25(23-13-12-22(29)16-21(23)4)24-17-30-18-35(36,27(24)32-28)26-19(2)10-9-11-20(26)3/h9-13,16,30H,5-8,14-15,17-18H2,1-4H3. The van der Waals surface area contributed by atoms with Crippen molar-refractivity contribution in [1.29, 1.82) is 0 Å². The minimum absolute atomic E-state index is 0.187. The van der Waals surface area contributed by atoms with Crippen LogP contribution in [-0.2, 0) is 6.54 Å². The summed E-state index contributed by atoms with van der Waals surface area (Å²) in [6.07, 6.45) is 3.47. The number of piperidine rings is 1. The number of anilines is 1. The van der Waals surface area contributed by atoms with E-state index in [1.54, 1.807) is 6.07 Å². The lowest BCUT2D eigenvalue weighted by Crippen LogP contribution is -2.51. The van der Waals surface area contributed by atoms with Crippen LogP contribution in [0.4, 0.5) is 21.8 Å². The number of rotatable bonds is 5. The third-order valence-corrected chi connectivity index (χ3v) is 7.40. The highest BCUT2D eigenvalue weighted by Crippen LogP contribution is 2.44. The number of hydroxylamine groups is 1. The fourth-order valence-electron chi connectivity index (χ4n) is 5.71. The van der Waals surface area contributed by atoms with Gasteiger partial charge in [-0.2, -0.15) is 4.98 Å². The van der Waals surface area contributed by atoms with Crippen molar-refractivity contribution < 1.29 is 4.39 Å². The number of quaternary nitrogens is 1. The molecule has 5 rings (SSSR count). The van der Waals surface area contributed by atoms with Crippen LogP contribution in [0.25, 0.3) is 11.3 Å². The van der Waals surface area contributed by atoms with Gasteiger partial charge < -0.3 is 5.21 Å². The number of nitrogens with one attached hydrogen (secondary N) is 1. The summed E-state index contributed by atoms with van der Waals surface area (Å²) in [5.74, 6) is 0.708. The zero-order valence-electron chi connectivity index (χ0n) is 21.6. The van der Waals surface area contributed by atoms with Gasteiger partial charge in [0.25, 0.3) is 0 Å². The number of benzene rings is 2. The number of hydrazine groups is 1. The van der Waals surface area contributed by atoms with Crippen molar-refractivity contribution in [2.45, 2.75) is 53.5 Å². The van der Waals surface area contributed by atoms with Crippen molar-refractivity contribution in [2.75, 3.05) is 31.3 Å². The summed E-state index contributed by atoms with van der Waals surface area (Å²) in [5.41, 5.74) is 5.64. The van der Waals surface area contributed by atoms with Gasteiger partial charge in [-0.05, 0) is 64.3 Å². The lowest BCUT2D eigenvalue weighted by Gasteiger charge is -2.46. The van der Waals surface area contributed by atoms with Gasteiger partial charge in [0.1, 0.15) is 18.2 Å². The number of nitrogens with zero attached hydrogens (tertiary/aromatic N) is 5. The van der Waals surface area contributed by atoms with E-state index in [4.69, 9.17) is 9.97 Å². The van der Waals surface area contributed by atoms with Gasteiger partial charge in [-0.1, -0.05) is 24.6 Å². The molecule has 0 amide bonds. The van der Waals surface area contributed by atoms with Crippen molar-refractivity contribution in [3.63, 3.8) is 0 Å². The number of halogens is 1. The Hall–Kier alpha value is -2.91. The molecule has 0 radical (unpaired) electrons. The van der Waals surface area contributed by atoms with Crippen LogP contribution >= 0.6 is 0 Å². The molecule has 8 heteroatoms. The van der Waals surface area contributed by atoms with Gasteiger partial charge in [-0.25, -0.2) is 14.4 Å². The van der Waals surface area contributed by atoms with Crippen LogP contribution in [-0.4, -0.2) is 41.3 Å². The quantitative estimate of drug-likeness (QED) is 0.369. The smallest absolute Gasteiger partial charge is 0.245 e. The molecule has 190 valence electrons. The molecule has 1 saturated heterocycles. The highest BCUT2D eigenvalue weighted by Gasteiger charge is 2.38. The Balaban J connectivity index is 1.77. The molecule has 1 N–H and O–H groups in total. The molecule has 1 fully saturated rings. The molecule has 1 aromatic heterocycles. The van der Waals surface area contributed by atoms with E-state index in [-0.39, 0.29) is 12.5 Å². The van der Waals surface area contributed by atoms with Gasteiger partial charge in [-0.15, -0.1) is 0 Å². The maximum absolute atomic E-state index is 14.8. The molecule has 0 bridgehead atoms. The number of aryl methyl sites for hydroxylation is 3. The van der Waals surface area contributed by atoms with Crippen LogP contribution in [0.1, 0.15) is 48.4 Å². The van der Waals surface area contributed by atoms with Crippen LogP contribution in [0.15, 0.2) is 36.4 Å². The second kappa shape index (κ2) is 9.86. The molecular formula is C28H35FN6O. The first-order valence-corrected chi connectivity index (χ1v) is 12.9. The van der Waals surface area contributed by atoms with Gasteiger partial charge >= 0.3 is 0 Å². The monoisotopic (exact) mass is 490 g/mol. The Bertz CT molecular complexity index is 1250. The van der Waals surface area contributed by atoms with Gasteiger partial charge in [0.05, 0.1) is 11.3 Å². The van der Waals surface area contributed by atoms with E-state index in [1.165, 1.54) is 18.6 Å². The minimum atomic E-state index is -0.700. The molecule has 2 aliphatic rings. The van der Waals surface area contributed by atoms with Gasteiger partial charge in [0.2, 0.25) is 11.8 Å². The van der Waals surface area contributed by atoms with Crippen molar-refractivity contribution in [3.05, 3.63) is 69.7 Å². The van der Waals surface area contributed by atoms with Gasteiger partial charge in [0, 0.05) is 42.9 Å². The summed E-state index contributed by atoms with van der Waals surface area (Å²) < 4.78 is 13.3. The zero-order chi connectivity index (χ0) is 25.4. The molecule has 36 heavy (non-hydrogen) atoms. The molecule has 7 nitrogen and oxygen atoms in total. The third-order valence-electron chi connectivity index (χ3n) is 7.40. The number of hydrogen-bond acceptors (Lipinski definition) is 6. The van der Waals surface area contributed by atoms with Crippen LogP contribution in [0.5, 0.6) is 0 Å². The summed E-state index contributed by atoms with van der Waals surface area (Å²) in [7, 11) is 0. The topological polar surface area (TPSA) is 67.3 Å². The van der Waals surface area contributed by atoms with Crippen molar-refractivity contribution in [1.82, 2.24) is 24.9 Å². The molecule has 2 aliphatic heterocycles. The van der Waals surface area contributed by atoms with E-state index in [0.29, 0.717) is 36.2 Å². The molecule has 2 aromatic carbocycles. The number of aromatic nitrogens is 2. The first-order valence-electron chi connectivity index (χ1n) is 12.9. The predicted molar refractivity (Wildman–Crippen MR) is 143 cm³/mol. The summed E-state index contributed by atoms with van der Waals surface area (Å²) in [6.45, 7) is 11.2. The summed E-state index contributed by atoms with van der Waals surface area (Å²) in [4.78, 5) is 10.1. The van der Waals surface area contributed by atoms with E-state index in [9.17, 15) is 9.60 Å². The Labute approximate surface area is 212 Å². The Morgan fingerprint density at radius 1 is 1.03 bits per heavy atom. The summed E-state index contributed by atoms with van der Waals surface area (Å²) in [5, 5.41) is 22.6. The molecule has 3 heterocycles. The largest absolute Gasteiger partial charge is 0.620 e. The second-order valence-corrected chi connectivity index (χ2v) is 9.93. The summed E-state index contributed by atoms with van der Waals surface area (Å²) >= 11 is 0. The van der Waals surface area contributed by atoms with Crippen LogP contribution in [0.3, 0.4) is 0 Å². The fourth-order valence-corrected chi connectivity index (χ4v) is 5.71. The molecule has 0 spiro atoms. The van der Waals surface area contributed by atoms with Crippen molar-refractivity contribution in [2.24, 2.45) is 0 Å². The minimum Gasteiger partial charge on any atom is -0.620 e. The van der Waals surface area contributed by atoms with Crippen LogP contribution in [0, 0.1) is 31.8 Å². The summed E-state index contributed by atoms with van der Waals surface area (Å²) in [6, 6.07) is 10.7. The Kier molecular flexibility index (Phi) is 6.78. The average Bonchev–Trinajstić information content (AvgIpc) is 2.85. The molecule has 3 aromatic rings. The third kappa shape index (κ3) is 4.28. The lowest BCUT2D eigenvalue weighted by atomic mass is 9.99. The number of para-hydroxylation sites is 1. The first kappa shape index (κ1) is 24.8. The van der Waals surface area contributed by atoms with E-state index >= 15 is 0 Å². The maximum Gasteiger partial charge on any atom is 0.245 e. The molecule has 1 unspecified atom stereocenters. The lowest BCUT2D eigenvalue weighted by molar-refractivity contribution is 0.207. The highest BCUT2D eigenvalue weighted by atomic mass is 19.1. The van der Waals surface area contributed by atoms with E-state index < -0.39 is 4.65 Å². The fraction of sp³-hybridized carbons (Fsp3) is 0.429. The normalized spacial score (nSPS) is 20.3. The SMILES string of the molecule is CCN(c1nc(-c2ccc(F)cc2C)c2c(n1)[N+]([O-])(c1c(C)cccc1C)CNC2)N1CCCCC1. The first-order chi connectivity index (χ1) is 17.3. The Morgan fingerprint density at radius 2 is 1.75 bits per heavy atom. The zero-order valence-corrected chi connectivity index (χ0v) is 21.6. The second-order valence-electron chi connectivity index (χ2n) is 9.93. The molecule has 1 atom stereocenters. The average molecular weight is 491 g/mol. The van der Waals surface area contributed by atoms with E-state index in [1.807, 2.05) is 39.0 Å². The van der Waals surface area contributed by atoms with E-state index in [2.05, 4.69) is 22.3 Å². The van der Waals surface area contributed by atoms with Crippen molar-refractivity contribution in [3.8, 4) is 11.3 Å². The van der Waals surface area contributed by atoms with Crippen LogP contribution in [0.2, 0.25) is 0 Å². The Morgan fingerprint density at radius 3 is 2.42 bits per heavy atom. The van der Waals surface area contributed by atoms with Crippen molar-refractivity contribution >= 4 is 17.5 Å². The highest BCUT2D eigenvalue weighted by molar-refractivity contribution is 5.76. The maximum atomic E-state index is 14.8. The molecule has 0 aliphatic carbocycles.